The van der Waals surface area contributed by atoms with Gasteiger partial charge in [-0.05, 0) is 31.4 Å². The molecule has 1 amide bonds. The van der Waals surface area contributed by atoms with E-state index in [1.807, 2.05) is 0 Å². The molecule has 0 spiro atoms. The number of nitrogens with zero attached hydrogens (tertiary/aromatic N) is 1. The van der Waals surface area contributed by atoms with Crippen molar-refractivity contribution in [2.24, 2.45) is 5.73 Å². The molecule has 1 rings (SSSR count). The van der Waals surface area contributed by atoms with Crippen LogP contribution in [0.25, 0.3) is 0 Å². The van der Waals surface area contributed by atoms with Crippen LogP contribution in [0.2, 0.25) is 0 Å². The molecule has 0 saturated heterocycles. The van der Waals surface area contributed by atoms with Gasteiger partial charge in [-0.3, -0.25) is 4.79 Å². The van der Waals surface area contributed by atoms with Crippen molar-refractivity contribution in [1.82, 2.24) is 4.90 Å². The van der Waals surface area contributed by atoms with Gasteiger partial charge in [0, 0.05) is 19.1 Å². The second-order valence-corrected chi connectivity index (χ2v) is 4.73. The van der Waals surface area contributed by atoms with E-state index in [-0.39, 0.29) is 17.7 Å². The molecule has 0 unspecified atom stereocenters. The number of aryl methyl sites for hydroxylation is 1. The van der Waals surface area contributed by atoms with E-state index in [2.05, 4.69) is 13.8 Å². The van der Waals surface area contributed by atoms with Crippen LogP contribution in [0.4, 0.5) is 0 Å². The zero-order chi connectivity index (χ0) is 14.4. The first-order valence-corrected chi connectivity index (χ1v) is 6.86. The first-order chi connectivity index (χ1) is 9.06. The summed E-state index contributed by atoms with van der Waals surface area (Å²) in [5, 5.41) is 10.0. The number of benzene rings is 1. The molecule has 0 aliphatic rings. The molecule has 0 atom stereocenters. The van der Waals surface area contributed by atoms with Crippen molar-refractivity contribution in [3.05, 3.63) is 29.3 Å². The van der Waals surface area contributed by atoms with Crippen LogP contribution in [0.3, 0.4) is 0 Å². The number of phenolic OH excluding ortho intramolecular Hbond substituents is 1. The molecular formula is C15H24N2O2. The Morgan fingerprint density at radius 2 is 2.00 bits per heavy atom. The molecular weight excluding hydrogens is 240 g/mol. The highest BCUT2D eigenvalue weighted by Crippen LogP contribution is 2.24. The number of carbonyl (C=O) groups is 1. The van der Waals surface area contributed by atoms with E-state index >= 15 is 0 Å². The average Bonchev–Trinajstić information content (AvgIpc) is 2.41. The zero-order valence-corrected chi connectivity index (χ0v) is 12.0. The summed E-state index contributed by atoms with van der Waals surface area (Å²) < 4.78 is 0. The average molecular weight is 264 g/mol. The summed E-state index contributed by atoms with van der Waals surface area (Å²) >= 11 is 0. The normalized spacial score (nSPS) is 10.8. The van der Waals surface area contributed by atoms with Crippen molar-refractivity contribution in [2.45, 2.75) is 39.7 Å². The van der Waals surface area contributed by atoms with Crippen molar-refractivity contribution in [2.75, 3.05) is 13.1 Å². The van der Waals surface area contributed by atoms with Gasteiger partial charge in [0.1, 0.15) is 5.75 Å². The molecule has 0 heterocycles. The van der Waals surface area contributed by atoms with Crippen LogP contribution in [0.15, 0.2) is 18.2 Å². The predicted octanol–water partition coefficient (Wildman–Crippen LogP) is 2.29. The highest BCUT2D eigenvalue weighted by atomic mass is 16.3. The first-order valence-electron chi connectivity index (χ1n) is 6.86. The number of phenols is 1. The Bertz CT molecular complexity index is 428. The zero-order valence-electron chi connectivity index (χ0n) is 12.0. The number of carbonyl (C=O) groups excluding carboxylic acids is 1. The number of rotatable bonds is 6. The fourth-order valence-electron chi connectivity index (χ4n) is 2.30. The Morgan fingerprint density at radius 3 is 2.53 bits per heavy atom. The minimum Gasteiger partial charge on any atom is -0.507 e. The van der Waals surface area contributed by atoms with Crippen LogP contribution in [0, 0.1) is 6.92 Å². The molecule has 4 heteroatoms. The van der Waals surface area contributed by atoms with Crippen LogP contribution in [0.1, 0.15) is 42.6 Å². The number of nitrogens with two attached hydrogens (primary N) is 1. The van der Waals surface area contributed by atoms with Crippen molar-refractivity contribution in [3.8, 4) is 5.75 Å². The lowest BCUT2D eigenvalue weighted by molar-refractivity contribution is 0.0671. The van der Waals surface area contributed by atoms with Crippen molar-refractivity contribution in [1.29, 1.82) is 0 Å². The highest BCUT2D eigenvalue weighted by Gasteiger charge is 2.24. The van der Waals surface area contributed by atoms with Crippen molar-refractivity contribution >= 4 is 5.91 Å². The monoisotopic (exact) mass is 264 g/mol. The lowest BCUT2D eigenvalue weighted by atomic mass is 10.1. The molecule has 0 radical (unpaired) electrons. The maximum absolute atomic E-state index is 12.6. The van der Waals surface area contributed by atoms with Crippen molar-refractivity contribution < 1.29 is 9.90 Å². The summed E-state index contributed by atoms with van der Waals surface area (Å²) in [7, 11) is 0. The van der Waals surface area contributed by atoms with E-state index in [0.29, 0.717) is 24.2 Å². The molecule has 1 aromatic rings. The molecule has 106 valence electrons. The second-order valence-electron chi connectivity index (χ2n) is 4.73. The third kappa shape index (κ3) is 3.47. The molecule has 4 nitrogen and oxygen atoms in total. The minimum absolute atomic E-state index is 0.0699. The molecule has 3 N–H and O–H groups in total. The Kier molecular flexibility index (Phi) is 5.83. The molecule has 0 bridgehead atoms. The second kappa shape index (κ2) is 7.14. The minimum atomic E-state index is -0.139. The summed E-state index contributed by atoms with van der Waals surface area (Å²) in [4.78, 5) is 14.3. The van der Waals surface area contributed by atoms with Gasteiger partial charge in [0.25, 0.3) is 5.91 Å². The molecule has 0 aromatic heterocycles. The summed E-state index contributed by atoms with van der Waals surface area (Å²) in [5.74, 6) is -0.0687. The summed E-state index contributed by atoms with van der Waals surface area (Å²) in [6.07, 6.45) is 1.77. The van der Waals surface area contributed by atoms with Gasteiger partial charge < -0.3 is 15.7 Å². The summed E-state index contributed by atoms with van der Waals surface area (Å²) in [5.41, 5.74) is 6.68. The molecule has 1 aromatic carbocycles. The first kappa shape index (κ1) is 15.5. The fraction of sp³-hybridized carbons (Fsp3) is 0.533. The number of amides is 1. The molecule has 0 saturated carbocycles. The van der Waals surface area contributed by atoms with E-state index in [1.54, 1.807) is 30.0 Å². The summed E-state index contributed by atoms with van der Waals surface area (Å²) in [6.45, 7) is 6.84. The Hall–Kier alpha value is -1.55. The predicted molar refractivity (Wildman–Crippen MR) is 77.3 cm³/mol. The van der Waals surface area contributed by atoms with Gasteiger partial charge in [-0.15, -0.1) is 0 Å². The number of hydrogen-bond acceptors (Lipinski definition) is 3. The quantitative estimate of drug-likeness (QED) is 0.828. The van der Waals surface area contributed by atoms with E-state index in [9.17, 15) is 9.90 Å². The molecule has 19 heavy (non-hydrogen) atoms. The smallest absolute Gasteiger partial charge is 0.257 e. The molecule has 0 aliphatic heterocycles. The van der Waals surface area contributed by atoms with Gasteiger partial charge >= 0.3 is 0 Å². The van der Waals surface area contributed by atoms with E-state index < -0.39 is 0 Å². The SMILES string of the molecule is CCC(CC)N(CCN)C(=O)c1cccc(C)c1O. The third-order valence-electron chi connectivity index (χ3n) is 3.48. The number of para-hydroxylation sites is 1. The van der Waals surface area contributed by atoms with Crippen LogP contribution in [-0.2, 0) is 0 Å². The maximum atomic E-state index is 12.6. The van der Waals surface area contributed by atoms with E-state index in [0.717, 1.165) is 12.8 Å². The highest BCUT2D eigenvalue weighted by molar-refractivity contribution is 5.97. The van der Waals surface area contributed by atoms with Crippen LogP contribution in [-0.4, -0.2) is 35.0 Å². The van der Waals surface area contributed by atoms with Gasteiger partial charge in [-0.2, -0.15) is 0 Å². The van der Waals surface area contributed by atoms with Crippen LogP contribution >= 0.6 is 0 Å². The Morgan fingerprint density at radius 1 is 1.37 bits per heavy atom. The van der Waals surface area contributed by atoms with E-state index in [4.69, 9.17) is 5.73 Å². The Labute approximate surface area is 115 Å². The van der Waals surface area contributed by atoms with Gasteiger partial charge in [0.2, 0.25) is 0 Å². The fourth-order valence-corrected chi connectivity index (χ4v) is 2.30. The number of hydrogen-bond donors (Lipinski definition) is 2. The third-order valence-corrected chi connectivity index (χ3v) is 3.48. The van der Waals surface area contributed by atoms with Crippen LogP contribution < -0.4 is 5.73 Å². The summed E-state index contributed by atoms with van der Waals surface area (Å²) in [6, 6.07) is 5.40. The maximum Gasteiger partial charge on any atom is 0.257 e. The topological polar surface area (TPSA) is 66.6 Å². The van der Waals surface area contributed by atoms with Gasteiger partial charge in [0.15, 0.2) is 0 Å². The molecule has 0 aliphatic carbocycles. The lowest BCUT2D eigenvalue weighted by Gasteiger charge is -2.30. The standard InChI is InChI=1S/C15H24N2O2/c1-4-12(5-2)17(10-9-16)15(19)13-8-6-7-11(3)14(13)18/h6-8,12,18H,4-5,9-10,16H2,1-3H3. The lowest BCUT2D eigenvalue weighted by Crippen LogP contribution is -2.42. The van der Waals surface area contributed by atoms with Crippen LogP contribution in [0.5, 0.6) is 5.75 Å². The van der Waals surface area contributed by atoms with Gasteiger partial charge in [0.05, 0.1) is 5.56 Å². The van der Waals surface area contributed by atoms with E-state index in [1.165, 1.54) is 0 Å². The largest absolute Gasteiger partial charge is 0.507 e. The van der Waals surface area contributed by atoms with Gasteiger partial charge in [-0.25, -0.2) is 0 Å². The number of aromatic hydroxyl groups is 1. The van der Waals surface area contributed by atoms with Gasteiger partial charge in [-0.1, -0.05) is 26.0 Å². The van der Waals surface area contributed by atoms with Crippen molar-refractivity contribution in [3.63, 3.8) is 0 Å². The molecule has 0 fully saturated rings. The Balaban J connectivity index is 3.08.